The maximum atomic E-state index is 11.4. The molecular weight excluding hydrogens is 336 g/mol. The zero-order valence-corrected chi connectivity index (χ0v) is 13.9. The SMILES string of the molecule is COC(=O)c1ccc(COc2ccc(-c3n[nH]nc3C(N)=O)cc2)cc1. The second-order valence-corrected chi connectivity index (χ2v) is 5.39. The van der Waals surface area contributed by atoms with Crippen molar-refractivity contribution in [2.45, 2.75) is 6.61 Å². The molecule has 3 rings (SSSR count). The highest BCUT2D eigenvalue weighted by Crippen LogP contribution is 2.23. The normalized spacial score (nSPS) is 10.3. The Kier molecular flexibility index (Phi) is 4.93. The third kappa shape index (κ3) is 3.69. The molecule has 0 radical (unpaired) electrons. The molecule has 0 aliphatic carbocycles. The van der Waals surface area contributed by atoms with Crippen molar-refractivity contribution < 1.29 is 19.1 Å². The number of H-pyrrole nitrogens is 1. The van der Waals surface area contributed by atoms with E-state index in [9.17, 15) is 9.59 Å². The van der Waals surface area contributed by atoms with E-state index in [4.69, 9.17) is 10.5 Å². The van der Waals surface area contributed by atoms with Gasteiger partial charge in [0.05, 0.1) is 12.7 Å². The first-order valence-corrected chi connectivity index (χ1v) is 7.69. The summed E-state index contributed by atoms with van der Waals surface area (Å²) in [5, 5.41) is 10.1. The zero-order chi connectivity index (χ0) is 18.5. The molecule has 0 unspecified atom stereocenters. The molecule has 8 nitrogen and oxygen atoms in total. The number of carbonyl (C=O) groups excluding carboxylic acids is 2. The van der Waals surface area contributed by atoms with E-state index in [2.05, 4.69) is 20.1 Å². The maximum absolute atomic E-state index is 11.4. The first-order valence-electron chi connectivity index (χ1n) is 7.69. The van der Waals surface area contributed by atoms with E-state index in [1.165, 1.54) is 7.11 Å². The highest BCUT2D eigenvalue weighted by Gasteiger charge is 2.15. The van der Waals surface area contributed by atoms with Crippen molar-refractivity contribution in [3.05, 3.63) is 65.4 Å². The largest absolute Gasteiger partial charge is 0.489 e. The molecule has 0 fully saturated rings. The Bertz CT molecular complexity index is 917. The van der Waals surface area contributed by atoms with Gasteiger partial charge in [-0.25, -0.2) is 4.79 Å². The number of amides is 1. The number of aromatic nitrogens is 3. The van der Waals surface area contributed by atoms with E-state index in [1.807, 2.05) is 0 Å². The monoisotopic (exact) mass is 352 g/mol. The van der Waals surface area contributed by atoms with Crippen LogP contribution in [-0.2, 0) is 11.3 Å². The summed E-state index contributed by atoms with van der Waals surface area (Å²) in [5.74, 6) is -0.379. The number of primary amides is 1. The van der Waals surface area contributed by atoms with E-state index in [1.54, 1.807) is 48.5 Å². The van der Waals surface area contributed by atoms with E-state index in [0.29, 0.717) is 29.2 Å². The number of rotatable bonds is 6. The summed E-state index contributed by atoms with van der Waals surface area (Å²) in [6.45, 7) is 0.345. The molecule has 8 heteroatoms. The van der Waals surface area contributed by atoms with Gasteiger partial charge < -0.3 is 15.2 Å². The Morgan fingerprint density at radius 2 is 1.73 bits per heavy atom. The molecule has 0 saturated carbocycles. The predicted molar refractivity (Wildman–Crippen MR) is 92.5 cm³/mol. The van der Waals surface area contributed by atoms with E-state index in [-0.39, 0.29) is 11.7 Å². The molecule has 0 bridgehead atoms. The van der Waals surface area contributed by atoms with Gasteiger partial charge >= 0.3 is 5.97 Å². The molecule has 0 aliphatic heterocycles. The number of nitrogens with one attached hydrogen (secondary N) is 1. The van der Waals surface area contributed by atoms with Crippen LogP contribution in [0.5, 0.6) is 5.75 Å². The highest BCUT2D eigenvalue weighted by molar-refractivity contribution is 5.96. The smallest absolute Gasteiger partial charge is 0.337 e. The summed E-state index contributed by atoms with van der Waals surface area (Å²) in [6.07, 6.45) is 0. The average molecular weight is 352 g/mol. The summed E-state index contributed by atoms with van der Waals surface area (Å²) in [5.41, 5.74) is 7.83. The average Bonchev–Trinajstić information content (AvgIpc) is 3.17. The second-order valence-electron chi connectivity index (χ2n) is 5.39. The van der Waals surface area contributed by atoms with Crippen LogP contribution in [0.1, 0.15) is 26.4 Å². The van der Waals surface area contributed by atoms with E-state index in [0.717, 1.165) is 5.56 Å². The van der Waals surface area contributed by atoms with Gasteiger partial charge in [-0.2, -0.15) is 15.4 Å². The lowest BCUT2D eigenvalue weighted by molar-refractivity contribution is 0.0600. The van der Waals surface area contributed by atoms with Gasteiger partial charge in [0.1, 0.15) is 18.1 Å². The minimum Gasteiger partial charge on any atom is -0.489 e. The lowest BCUT2D eigenvalue weighted by atomic mass is 10.1. The molecule has 26 heavy (non-hydrogen) atoms. The minimum absolute atomic E-state index is 0.0874. The van der Waals surface area contributed by atoms with Crippen molar-refractivity contribution in [1.29, 1.82) is 0 Å². The van der Waals surface area contributed by atoms with Crippen molar-refractivity contribution in [2.75, 3.05) is 7.11 Å². The fourth-order valence-electron chi connectivity index (χ4n) is 2.33. The predicted octanol–water partition coefficient (Wildman–Crippen LogP) is 1.94. The van der Waals surface area contributed by atoms with Crippen LogP contribution < -0.4 is 10.5 Å². The second kappa shape index (κ2) is 7.47. The quantitative estimate of drug-likeness (QED) is 0.654. The van der Waals surface area contributed by atoms with Gasteiger partial charge in [-0.3, -0.25) is 4.79 Å². The lowest BCUT2D eigenvalue weighted by Crippen LogP contribution is -2.12. The van der Waals surface area contributed by atoms with Crippen molar-refractivity contribution in [3.63, 3.8) is 0 Å². The highest BCUT2D eigenvalue weighted by atomic mass is 16.5. The van der Waals surface area contributed by atoms with Crippen LogP contribution in [-0.4, -0.2) is 34.4 Å². The van der Waals surface area contributed by atoms with Crippen LogP contribution in [0.15, 0.2) is 48.5 Å². The van der Waals surface area contributed by atoms with Gasteiger partial charge in [-0.05, 0) is 42.0 Å². The molecule has 132 valence electrons. The Labute approximate surface area is 148 Å². The number of methoxy groups -OCH3 is 1. The Morgan fingerprint density at radius 3 is 2.35 bits per heavy atom. The lowest BCUT2D eigenvalue weighted by Gasteiger charge is -2.07. The summed E-state index contributed by atoms with van der Waals surface area (Å²) in [6, 6.07) is 14.0. The molecule has 1 heterocycles. The molecule has 0 aliphatic rings. The third-order valence-corrected chi connectivity index (χ3v) is 3.69. The number of nitrogens with two attached hydrogens (primary N) is 1. The Hall–Kier alpha value is -3.68. The standard InChI is InChI=1S/C18H16N4O4/c1-25-18(24)13-4-2-11(3-5-13)10-26-14-8-6-12(7-9-14)15-16(17(19)23)21-22-20-15/h2-9H,10H2,1H3,(H2,19,23)(H,20,21,22). The van der Waals surface area contributed by atoms with Crippen LogP contribution in [0.4, 0.5) is 0 Å². The summed E-state index contributed by atoms with van der Waals surface area (Å²) in [7, 11) is 1.34. The minimum atomic E-state index is -0.649. The van der Waals surface area contributed by atoms with Crippen LogP contribution in [0, 0.1) is 0 Å². The van der Waals surface area contributed by atoms with Crippen molar-refractivity contribution in [3.8, 4) is 17.0 Å². The Balaban J connectivity index is 1.65. The summed E-state index contributed by atoms with van der Waals surface area (Å²) < 4.78 is 10.4. The number of esters is 1. The van der Waals surface area contributed by atoms with Crippen LogP contribution in [0.2, 0.25) is 0 Å². The maximum Gasteiger partial charge on any atom is 0.337 e. The number of benzene rings is 2. The molecule has 1 aromatic heterocycles. The first-order chi connectivity index (χ1) is 12.6. The number of aromatic amines is 1. The van der Waals surface area contributed by atoms with Crippen molar-refractivity contribution >= 4 is 11.9 Å². The molecular formula is C18H16N4O4. The zero-order valence-electron chi connectivity index (χ0n) is 13.9. The molecule has 0 spiro atoms. The summed E-state index contributed by atoms with van der Waals surface area (Å²) in [4.78, 5) is 22.7. The number of nitrogens with zero attached hydrogens (tertiary/aromatic N) is 2. The number of carbonyl (C=O) groups is 2. The van der Waals surface area contributed by atoms with Gasteiger partial charge in [0.15, 0.2) is 5.69 Å². The van der Waals surface area contributed by atoms with Crippen molar-refractivity contribution in [1.82, 2.24) is 15.4 Å². The number of hydrogen-bond acceptors (Lipinski definition) is 6. The fourth-order valence-corrected chi connectivity index (χ4v) is 2.33. The molecule has 3 aromatic rings. The topological polar surface area (TPSA) is 120 Å². The molecule has 0 atom stereocenters. The van der Waals surface area contributed by atoms with Crippen LogP contribution >= 0.6 is 0 Å². The first kappa shape index (κ1) is 17.2. The molecule has 1 amide bonds. The van der Waals surface area contributed by atoms with Gasteiger partial charge in [-0.1, -0.05) is 12.1 Å². The molecule has 0 saturated heterocycles. The van der Waals surface area contributed by atoms with Crippen LogP contribution in [0.3, 0.4) is 0 Å². The number of ether oxygens (including phenoxy) is 2. The molecule has 2 aromatic carbocycles. The van der Waals surface area contributed by atoms with Gasteiger partial charge in [0, 0.05) is 5.56 Å². The van der Waals surface area contributed by atoms with Gasteiger partial charge in [0.25, 0.3) is 5.91 Å². The molecule has 3 N–H and O–H groups in total. The van der Waals surface area contributed by atoms with E-state index < -0.39 is 5.91 Å². The number of hydrogen-bond donors (Lipinski definition) is 2. The summed E-state index contributed by atoms with van der Waals surface area (Å²) >= 11 is 0. The van der Waals surface area contributed by atoms with Gasteiger partial charge in [-0.15, -0.1) is 0 Å². The third-order valence-electron chi connectivity index (χ3n) is 3.69. The van der Waals surface area contributed by atoms with Crippen molar-refractivity contribution in [2.24, 2.45) is 5.73 Å². The fraction of sp³-hybridized carbons (Fsp3) is 0.111. The van der Waals surface area contributed by atoms with E-state index >= 15 is 0 Å². The van der Waals surface area contributed by atoms with Gasteiger partial charge in [0.2, 0.25) is 0 Å². The van der Waals surface area contributed by atoms with Crippen LogP contribution in [0.25, 0.3) is 11.3 Å². The Morgan fingerprint density at radius 1 is 1.04 bits per heavy atom.